The number of benzene rings is 1. The predicted molar refractivity (Wildman–Crippen MR) is 88.6 cm³/mol. The lowest BCUT2D eigenvalue weighted by Crippen LogP contribution is -2.48. The minimum absolute atomic E-state index is 0.00548. The van der Waals surface area contributed by atoms with Gasteiger partial charge < -0.3 is 4.90 Å². The first-order valence-corrected chi connectivity index (χ1v) is 8.62. The summed E-state index contributed by atoms with van der Waals surface area (Å²) in [7, 11) is 0. The monoisotopic (exact) mass is 344 g/mol. The van der Waals surface area contributed by atoms with Crippen LogP contribution >= 0.6 is 0 Å². The minimum atomic E-state index is -0.272. The molecule has 0 saturated carbocycles. The standard InChI is InChI=1S/C17H21FN6O/c18-13-5-3-12(4-6-13)15-10-16(21-20-15)17(25)24-8-1-2-14(24)11-23-9-7-19-22-23/h3-7,9,14-16,20-21H,1-2,8,10-11H2/t14-,15?,16?/m0/s1. The molecule has 1 amide bonds. The van der Waals surface area contributed by atoms with Gasteiger partial charge in [-0.2, -0.15) is 0 Å². The van der Waals surface area contributed by atoms with Gasteiger partial charge in [-0.25, -0.2) is 15.2 Å². The Morgan fingerprint density at radius 3 is 2.88 bits per heavy atom. The average Bonchev–Trinajstić information content (AvgIpc) is 3.37. The molecule has 2 N–H and O–H groups in total. The second-order valence-electron chi connectivity index (χ2n) is 6.63. The fraction of sp³-hybridized carbons (Fsp3) is 0.471. The first-order valence-electron chi connectivity index (χ1n) is 8.62. The van der Waals surface area contributed by atoms with E-state index in [1.54, 1.807) is 23.0 Å². The van der Waals surface area contributed by atoms with E-state index in [9.17, 15) is 9.18 Å². The van der Waals surface area contributed by atoms with Crippen molar-refractivity contribution in [3.63, 3.8) is 0 Å². The summed E-state index contributed by atoms with van der Waals surface area (Å²) in [5, 5.41) is 7.82. The van der Waals surface area contributed by atoms with Gasteiger partial charge in [-0.3, -0.25) is 9.48 Å². The fourth-order valence-electron chi connectivity index (χ4n) is 3.69. The summed E-state index contributed by atoms with van der Waals surface area (Å²) >= 11 is 0. The Morgan fingerprint density at radius 2 is 2.12 bits per heavy atom. The Hall–Kier alpha value is -2.32. The van der Waals surface area contributed by atoms with Gasteiger partial charge in [0.15, 0.2) is 0 Å². The third kappa shape index (κ3) is 3.40. The van der Waals surface area contributed by atoms with Crippen molar-refractivity contribution in [2.24, 2.45) is 0 Å². The second-order valence-corrected chi connectivity index (χ2v) is 6.63. The molecule has 0 bridgehead atoms. The lowest BCUT2D eigenvalue weighted by Gasteiger charge is -2.27. The number of rotatable bonds is 4. The zero-order valence-corrected chi connectivity index (χ0v) is 13.8. The smallest absolute Gasteiger partial charge is 0.241 e. The molecule has 2 saturated heterocycles. The Bertz CT molecular complexity index is 719. The first kappa shape index (κ1) is 16.2. The van der Waals surface area contributed by atoms with Gasteiger partial charge in [0.05, 0.1) is 18.8 Å². The van der Waals surface area contributed by atoms with E-state index < -0.39 is 0 Å². The van der Waals surface area contributed by atoms with Crippen molar-refractivity contribution in [1.82, 2.24) is 30.7 Å². The number of carbonyl (C=O) groups is 1. The van der Waals surface area contributed by atoms with Crippen LogP contribution < -0.4 is 10.9 Å². The van der Waals surface area contributed by atoms with E-state index in [0.29, 0.717) is 13.0 Å². The molecular weight excluding hydrogens is 323 g/mol. The van der Waals surface area contributed by atoms with Crippen molar-refractivity contribution < 1.29 is 9.18 Å². The highest BCUT2D eigenvalue weighted by molar-refractivity contribution is 5.82. The van der Waals surface area contributed by atoms with Crippen LogP contribution in [0.1, 0.15) is 30.9 Å². The molecule has 25 heavy (non-hydrogen) atoms. The fourth-order valence-corrected chi connectivity index (χ4v) is 3.69. The molecule has 2 fully saturated rings. The van der Waals surface area contributed by atoms with Gasteiger partial charge in [0, 0.05) is 18.8 Å². The summed E-state index contributed by atoms with van der Waals surface area (Å²) in [5.74, 6) is -0.143. The molecule has 132 valence electrons. The molecule has 0 aliphatic carbocycles. The van der Waals surface area contributed by atoms with Crippen LogP contribution in [-0.2, 0) is 11.3 Å². The lowest BCUT2D eigenvalue weighted by atomic mass is 10.0. The molecule has 1 aromatic heterocycles. The van der Waals surface area contributed by atoms with Crippen LogP contribution in [0.5, 0.6) is 0 Å². The van der Waals surface area contributed by atoms with E-state index in [1.165, 1.54) is 12.1 Å². The number of nitrogens with one attached hydrogen (secondary N) is 2. The molecule has 3 atom stereocenters. The summed E-state index contributed by atoms with van der Waals surface area (Å²) in [6.45, 7) is 1.45. The van der Waals surface area contributed by atoms with Gasteiger partial charge in [0.1, 0.15) is 11.9 Å². The number of halogens is 1. The molecule has 2 unspecified atom stereocenters. The molecule has 4 rings (SSSR count). The van der Waals surface area contributed by atoms with Crippen LogP contribution in [0.2, 0.25) is 0 Å². The van der Waals surface area contributed by atoms with Crippen LogP contribution in [0.3, 0.4) is 0 Å². The van der Waals surface area contributed by atoms with Gasteiger partial charge in [-0.15, -0.1) is 5.10 Å². The van der Waals surface area contributed by atoms with Crippen molar-refractivity contribution in [2.75, 3.05) is 6.54 Å². The molecule has 8 heteroatoms. The van der Waals surface area contributed by atoms with Gasteiger partial charge in [0.25, 0.3) is 0 Å². The van der Waals surface area contributed by atoms with Crippen LogP contribution in [0.25, 0.3) is 0 Å². The van der Waals surface area contributed by atoms with Gasteiger partial charge in [-0.05, 0) is 37.0 Å². The van der Waals surface area contributed by atoms with Crippen molar-refractivity contribution >= 4 is 5.91 Å². The SMILES string of the molecule is O=C(C1CC(c2ccc(F)cc2)NN1)N1CCC[C@H]1Cn1ccnn1. The van der Waals surface area contributed by atoms with Crippen LogP contribution in [0.15, 0.2) is 36.7 Å². The largest absolute Gasteiger partial charge is 0.336 e. The molecule has 2 aliphatic rings. The third-order valence-electron chi connectivity index (χ3n) is 5.00. The molecule has 1 aromatic carbocycles. The van der Waals surface area contributed by atoms with Crippen LogP contribution in [0, 0.1) is 5.82 Å². The zero-order valence-electron chi connectivity index (χ0n) is 13.8. The second kappa shape index (κ2) is 6.89. The van der Waals surface area contributed by atoms with Gasteiger partial charge in [-0.1, -0.05) is 17.3 Å². The summed E-state index contributed by atoms with van der Waals surface area (Å²) in [4.78, 5) is 14.9. The highest BCUT2D eigenvalue weighted by atomic mass is 19.1. The molecule has 7 nitrogen and oxygen atoms in total. The Labute approximate surface area is 145 Å². The Kier molecular flexibility index (Phi) is 4.46. The summed E-state index contributed by atoms with van der Waals surface area (Å²) in [5.41, 5.74) is 7.24. The predicted octanol–water partition coefficient (Wildman–Crippen LogP) is 1.02. The van der Waals surface area contributed by atoms with Gasteiger partial charge in [0.2, 0.25) is 5.91 Å². The average molecular weight is 344 g/mol. The summed E-state index contributed by atoms with van der Waals surface area (Å²) in [6, 6.07) is 6.29. The normalized spacial score (nSPS) is 26.3. The first-order chi connectivity index (χ1) is 12.2. The number of nitrogens with zero attached hydrogens (tertiary/aromatic N) is 4. The van der Waals surface area contributed by atoms with E-state index >= 15 is 0 Å². The van der Waals surface area contributed by atoms with Crippen molar-refractivity contribution in [1.29, 1.82) is 0 Å². The number of likely N-dealkylation sites (tertiary alicyclic amines) is 1. The highest BCUT2D eigenvalue weighted by Crippen LogP contribution is 2.26. The van der Waals surface area contributed by atoms with Crippen molar-refractivity contribution in [2.45, 2.75) is 43.9 Å². The third-order valence-corrected chi connectivity index (χ3v) is 5.00. The molecule has 0 spiro atoms. The van der Waals surface area contributed by atoms with Crippen molar-refractivity contribution in [3.05, 3.63) is 48.0 Å². The number of carbonyl (C=O) groups excluding carboxylic acids is 1. The van der Waals surface area contributed by atoms with E-state index in [0.717, 1.165) is 24.9 Å². The van der Waals surface area contributed by atoms with Crippen LogP contribution in [-0.4, -0.2) is 44.4 Å². The zero-order chi connectivity index (χ0) is 17.2. The van der Waals surface area contributed by atoms with Crippen LogP contribution in [0.4, 0.5) is 4.39 Å². The lowest BCUT2D eigenvalue weighted by molar-refractivity contribution is -0.134. The maximum atomic E-state index is 13.1. The molecule has 0 radical (unpaired) electrons. The topological polar surface area (TPSA) is 75.1 Å². The highest BCUT2D eigenvalue weighted by Gasteiger charge is 2.37. The maximum Gasteiger partial charge on any atom is 0.241 e. The number of aromatic nitrogens is 3. The number of hydrazine groups is 1. The Morgan fingerprint density at radius 1 is 1.28 bits per heavy atom. The summed E-state index contributed by atoms with van der Waals surface area (Å²) < 4.78 is 14.8. The van der Waals surface area contributed by atoms with Gasteiger partial charge >= 0.3 is 0 Å². The van der Waals surface area contributed by atoms with E-state index in [2.05, 4.69) is 21.2 Å². The summed E-state index contributed by atoms with van der Waals surface area (Å²) in [6.07, 6.45) is 6.11. The number of hydrogen-bond acceptors (Lipinski definition) is 5. The van der Waals surface area contributed by atoms with E-state index in [-0.39, 0.29) is 29.8 Å². The van der Waals surface area contributed by atoms with Crippen molar-refractivity contribution in [3.8, 4) is 0 Å². The number of hydrogen-bond donors (Lipinski definition) is 2. The molecular formula is C17H21FN6O. The van der Waals surface area contributed by atoms with E-state index in [4.69, 9.17) is 0 Å². The van der Waals surface area contributed by atoms with E-state index in [1.807, 2.05) is 11.1 Å². The minimum Gasteiger partial charge on any atom is -0.336 e. The Balaban J connectivity index is 1.40. The maximum absolute atomic E-state index is 13.1. The molecule has 3 heterocycles. The quantitative estimate of drug-likeness (QED) is 0.866. The molecule has 2 aromatic rings. The molecule has 2 aliphatic heterocycles. The number of amides is 1.